The van der Waals surface area contributed by atoms with E-state index < -0.39 is 41.1 Å². The summed E-state index contributed by atoms with van der Waals surface area (Å²) >= 11 is 0. The van der Waals surface area contributed by atoms with Gasteiger partial charge in [0.25, 0.3) is 5.91 Å². The summed E-state index contributed by atoms with van der Waals surface area (Å²) in [5.74, 6) is -1.78. The monoisotopic (exact) mass is 329 g/mol. The Hall–Kier alpha value is -2.05. The Labute approximate surface area is 132 Å². The van der Waals surface area contributed by atoms with Crippen LogP contribution in [0.5, 0.6) is 0 Å². The fourth-order valence-electron chi connectivity index (χ4n) is 2.91. The molecule has 1 aliphatic carbocycles. The van der Waals surface area contributed by atoms with Gasteiger partial charge in [-0.25, -0.2) is 0 Å². The Morgan fingerprint density at radius 2 is 1.83 bits per heavy atom. The number of benzene rings is 1. The van der Waals surface area contributed by atoms with E-state index in [9.17, 15) is 22.8 Å². The van der Waals surface area contributed by atoms with E-state index in [4.69, 9.17) is 4.74 Å². The molecule has 0 bridgehead atoms. The summed E-state index contributed by atoms with van der Waals surface area (Å²) in [6, 6.07) is 4.10. The van der Waals surface area contributed by atoms with Crippen molar-refractivity contribution < 1.29 is 27.5 Å². The third-order valence-corrected chi connectivity index (χ3v) is 4.06. The van der Waals surface area contributed by atoms with Crippen LogP contribution in [0.3, 0.4) is 0 Å². The van der Waals surface area contributed by atoms with Crippen LogP contribution < -0.4 is 5.32 Å². The maximum atomic E-state index is 13.0. The van der Waals surface area contributed by atoms with Crippen molar-refractivity contribution in [3.63, 3.8) is 0 Å². The lowest BCUT2D eigenvalue weighted by Gasteiger charge is -2.30. The molecule has 2 rings (SSSR count). The highest BCUT2D eigenvalue weighted by molar-refractivity contribution is 5.96. The molecule has 7 heteroatoms. The highest BCUT2D eigenvalue weighted by Gasteiger charge is 2.37. The summed E-state index contributed by atoms with van der Waals surface area (Å²) < 4.78 is 43.7. The summed E-state index contributed by atoms with van der Waals surface area (Å²) in [7, 11) is 1.26. The van der Waals surface area contributed by atoms with Crippen LogP contribution in [0.15, 0.2) is 24.3 Å². The van der Waals surface area contributed by atoms with Crippen LogP contribution in [0, 0.1) is 5.92 Å². The predicted molar refractivity (Wildman–Crippen MR) is 76.7 cm³/mol. The highest BCUT2D eigenvalue weighted by atomic mass is 19.4. The number of hydrogen-bond donors (Lipinski definition) is 1. The number of methoxy groups -OCH3 is 1. The van der Waals surface area contributed by atoms with Gasteiger partial charge in [0.15, 0.2) is 0 Å². The molecule has 1 amide bonds. The molecule has 0 spiro atoms. The van der Waals surface area contributed by atoms with Gasteiger partial charge in [0.2, 0.25) is 0 Å². The Morgan fingerprint density at radius 1 is 1.17 bits per heavy atom. The first-order valence-electron chi connectivity index (χ1n) is 7.39. The molecule has 1 fully saturated rings. The van der Waals surface area contributed by atoms with Gasteiger partial charge in [-0.1, -0.05) is 25.0 Å². The van der Waals surface area contributed by atoms with Crippen molar-refractivity contribution in [3.05, 3.63) is 35.4 Å². The van der Waals surface area contributed by atoms with Gasteiger partial charge in [0, 0.05) is 6.04 Å². The third kappa shape index (κ3) is 4.03. The molecule has 4 nitrogen and oxygen atoms in total. The van der Waals surface area contributed by atoms with Gasteiger partial charge in [-0.2, -0.15) is 13.2 Å². The summed E-state index contributed by atoms with van der Waals surface area (Å²) in [5, 5.41) is 2.57. The van der Waals surface area contributed by atoms with E-state index in [0.717, 1.165) is 25.0 Å². The van der Waals surface area contributed by atoms with Crippen LogP contribution in [-0.2, 0) is 15.7 Å². The molecule has 0 unspecified atom stereocenters. The molecule has 1 aliphatic rings. The van der Waals surface area contributed by atoms with E-state index in [1.165, 1.54) is 19.2 Å². The van der Waals surface area contributed by atoms with E-state index in [1.54, 1.807) is 0 Å². The Balaban J connectivity index is 2.20. The zero-order valence-corrected chi connectivity index (χ0v) is 12.7. The molecule has 126 valence electrons. The second-order valence-corrected chi connectivity index (χ2v) is 5.54. The molecule has 1 N–H and O–H groups in total. The first-order chi connectivity index (χ1) is 10.8. The lowest BCUT2D eigenvalue weighted by molar-refractivity contribution is -0.147. The fraction of sp³-hybridized carbons (Fsp3) is 0.500. The van der Waals surface area contributed by atoms with Crippen molar-refractivity contribution in [3.8, 4) is 0 Å². The standard InChI is InChI=1S/C16H18F3NO3/c1-23-15(22)11-7-3-5-9-13(11)20-14(21)10-6-2-4-8-12(10)16(17,18)19/h2,4,6,8,11,13H,3,5,7,9H2,1H3,(H,20,21)/t11-,13+/m1/s1. The van der Waals surface area contributed by atoms with Gasteiger partial charge in [-0.05, 0) is 25.0 Å². The minimum atomic E-state index is -4.61. The number of nitrogens with one attached hydrogen (secondary N) is 1. The number of halogens is 3. The molecule has 1 aromatic carbocycles. The highest BCUT2D eigenvalue weighted by Crippen LogP contribution is 2.32. The number of alkyl halides is 3. The molecular weight excluding hydrogens is 311 g/mol. The Morgan fingerprint density at radius 3 is 2.48 bits per heavy atom. The maximum absolute atomic E-state index is 13.0. The minimum absolute atomic E-state index is 0.436. The van der Waals surface area contributed by atoms with E-state index >= 15 is 0 Å². The van der Waals surface area contributed by atoms with E-state index in [2.05, 4.69) is 5.32 Å². The lowest BCUT2D eigenvalue weighted by Crippen LogP contribution is -2.45. The molecule has 0 aromatic heterocycles. The van der Waals surface area contributed by atoms with Crippen LogP contribution in [0.2, 0.25) is 0 Å². The first kappa shape index (κ1) is 17.3. The molecule has 1 aromatic rings. The summed E-state index contributed by atoms with van der Waals surface area (Å²) in [6.07, 6.45) is -1.88. The van der Waals surface area contributed by atoms with Gasteiger partial charge < -0.3 is 10.1 Å². The number of ether oxygens (including phenoxy) is 1. The van der Waals surface area contributed by atoms with Crippen LogP contribution >= 0.6 is 0 Å². The Bertz CT molecular complexity index is 586. The van der Waals surface area contributed by atoms with Crippen molar-refractivity contribution in [1.29, 1.82) is 0 Å². The third-order valence-electron chi connectivity index (χ3n) is 4.06. The quantitative estimate of drug-likeness (QED) is 0.867. The second-order valence-electron chi connectivity index (χ2n) is 5.54. The maximum Gasteiger partial charge on any atom is 0.417 e. The summed E-state index contributed by atoms with van der Waals surface area (Å²) in [5.41, 5.74) is -1.42. The van der Waals surface area contributed by atoms with Crippen molar-refractivity contribution in [2.45, 2.75) is 37.9 Å². The van der Waals surface area contributed by atoms with E-state index in [-0.39, 0.29) is 0 Å². The van der Waals surface area contributed by atoms with Crippen LogP contribution in [-0.4, -0.2) is 25.0 Å². The molecule has 0 aliphatic heterocycles. The number of hydrogen-bond acceptors (Lipinski definition) is 3. The van der Waals surface area contributed by atoms with Crippen LogP contribution in [0.25, 0.3) is 0 Å². The molecule has 1 saturated carbocycles. The number of rotatable bonds is 3. The van der Waals surface area contributed by atoms with Gasteiger partial charge >= 0.3 is 12.1 Å². The number of carbonyl (C=O) groups excluding carboxylic acids is 2. The summed E-state index contributed by atoms with van der Waals surface area (Å²) in [6.45, 7) is 0. The zero-order chi connectivity index (χ0) is 17.0. The van der Waals surface area contributed by atoms with Crippen molar-refractivity contribution >= 4 is 11.9 Å². The molecule has 0 radical (unpaired) electrons. The SMILES string of the molecule is COC(=O)[C@@H]1CCCC[C@@H]1NC(=O)c1ccccc1C(F)(F)F. The number of esters is 1. The Kier molecular flexibility index (Phi) is 5.28. The first-order valence-corrected chi connectivity index (χ1v) is 7.39. The molecule has 0 saturated heterocycles. The molecular formula is C16H18F3NO3. The predicted octanol–water partition coefficient (Wildman–Crippen LogP) is 3.17. The van der Waals surface area contributed by atoms with Crippen LogP contribution in [0.4, 0.5) is 13.2 Å². The van der Waals surface area contributed by atoms with Gasteiger partial charge in [0.05, 0.1) is 24.2 Å². The van der Waals surface area contributed by atoms with Crippen LogP contribution in [0.1, 0.15) is 41.6 Å². The largest absolute Gasteiger partial charge is 0.469 e. The minimum Gasteiger partial charge on any atom is -0.469 e. The fourth-order valence-corrected chi connectivity index (χ4v) is 2.91. The van der Waals surface area contributed by atoms with E-state index in [0.29, 0.717) is 12.8 Å². The second kappa shape index (κ2) is 7.02. The molecule has 0 heterocycles. The van der Waals surface area contributed by atoms with E-state index in [1.807, 2.05) is 0 Å². The molecule has 23 heavy (non-hydrogen) atoms. The smallest absolute Gasteiger partial charge is 0.417 e. The average Bonchev–Trinajstić information content (AvgIpc) is 2.54. The van der Waals surface area contributed by atoms with Gasteiger partial charge in [-0.15, -0.1) is 0 Å². The molecule has 2 atom stereocenters. The average molecular weight is 329 g/mol. The lowest BCUT2D eigenvalue weighted by atomic mass is 9.84. The topological polar surface area (TPSA) is 55.4 Å². The van der Waals surface area contributed by atoms with Gasteiger partial charge in [-0.3, -0.25) is 9.59 Å². The van der Waals surface area contributed by atoms with Crippen molar-refractivity contribution in [2.24, 2.45) is 5.92 Å². The van der Waals surface area contributed by atoms with Crippen molar-refractivity contribution in [1.82, 2.24) is 5.32 Å². The van der Waals surface area contributed by atoms with Gasteiger partial charge in [0.1, 0.15) is 0 Å². The normalized spacial score (nSPS) is 21.6. The zero-order valence-electron chi connectivity index (χ0n) is 12.7. The number of carbonyl (C=O) groups is 2. The summed E-state index contributed by atoms with van der Waals surface area (Å²) in [4.78, 5) is 24.0. The number of amides is 1. The van der Waals surface area contributed by atoms with Crippen molar-refractivity contribution in [2.75, 3.05) is 7.11 Å².